The van der Waals surface area contributed by atoms with Crippen molar-refractivity contribution in [2.75, 3.05) is 30.8 Å². The quantitative estimate of drug-likeness (QED) is 0.132. The highest BCUT2D eigenvalue weighted by molar-refractivity contribution is 5.96. The zero-order valence-corrected chi connectivity index (χ0v) is 21.2. The summed E-state index contributed by atoms with van der Waals surface area (Å²) in [5, 5.41) is 10.1. The number of aromatic nitrogens is 2. The molecule has 196 valence electrons. The van der Waals surface area contributed by atoms with Crippen LogP contribution < -0.4 is 16.0 Å². The van der Waals surface area contributed by atoms with Crippen molar-refractivity contribution in [3.8, 4) is 11.4 Å². The third kappa shape index (κ3) is 5.85. The van der Waals surface area contributed by atoms with Crippen molar-refractivity contribution in [3.05, 3.63) is 95.0 Å². The minimum absolute atomic E-state index is 0.0837. The van der Waals surface area contributed by atoms with Gasteiger partial charge < -0.3 is 16.0 Å². The fourth-order valence-electron chi connectivity index (χ4n) is 4.03. The number of nitrogens with zero attached hydrogens (tertiary/aromatic N) is 2. The number of nitrogens with one attached hydrogen (secondary N) is 3. The molecule has 0 fully saturated rings. The average Bonchev–Trinajstić information content (AvgIpc) is 2.90. The van der Waals surface area contributed by atoms with E-state index in [1.54, 1.807) is 38.1 Å². The van der Waals surface area contributed by atoms with Crippen LogP contribution in [0, 0.1) is 12.7 Å². The Balaban J connectivity index is 1.92. The van der Waals surface area contributed by atoms with E-state index >= 15 is 0 Å². The number of anilines is 2. The molecular formula is C29H27F4N5. The number of halogens is 4. The Hall–Kier alpha value is -4.20. The van der Waals surface area contributed by atoms with Gasteiger partial charge in [0.05, 0.1) is 16.8 Å². The molecule has 38 heavy (non-hydrogen) atoms. The molecule has 0 saturated carbocycles. The first-order chi connectivity index (χ1) is 18.2. The second kappa shape index (κ2) is 11.5. The topological polar surface area (TPSA) is 61.9 Å². The standard InChI is InChI=1S/C29H27F4N5/c1-4-8-25(20-10-7-12-24(30)18(20)2)36-28-22-17-19(35-16-15-34-3)13-14-26(22)37-27(38-28)21-9-5-6-11-23(21)29(31,32)33/h4-7,9-14,17,34-35H,15-16H2,1-3H3,(H,36,37,38). The van der Waals surface area contributed by atoms with E-state index in [2.05, 4.69) is 31.6 Å². The van der Waals surface area contributed by atoms with Crippen LogP contribution >= 0.6 is 0 Å². The van der Waals surface area contributed by atoms with Gasteiger partial charge in [-0.3, -0.25) is 0 Å². The van der Waals surface area contributed by atoms with E-state index in [4.69, 9.17) is 0 Å². The number of allylic oxidation sites excluding steroid dienone is 1. The number of alkyl halides is 3. The minimum atomic E-state index is -4.59. The van der Waals surface area contributed by atoms with Gasteiger partial charge in [0.1, 0.15) is 11.6 Å². The SMILES string of the molecule is CC=C=C(Nc1nc(-c2ccccc2C(F)(F)F)nc2ccc(NCCNC)cc12)c1cccc(F)c1C. The van der Waals surface area contributed by atoms with Gasteiger partial charge >= 0.3 is 6.18 Å². The number of hydrogen-bond acceptors (Lipinski definition) is 5. The van der Waals surface area contributed by atoms with E-state index in [-0.39, 0.29) is 23.0 Å². The largest absolute Gasteiger partial charge is 0.417 e. The summed E-state index contributed by atoms with van der Waals surface area (Å²) < 4.78 is 55.9. The van der Waals surface area contributed by atoms with Crippen LogP contribution in [0.3, 0.4) is 0 Å². The van der Waals surface area contributed by atoms with E-state index < -0.39 is 11.7 Å². The van der Waals surface area contributed by atoms with Crippen LogP contribution in [0.15, 0.2) is 72.5 Å². The Morgan fingerprint density at radius 1 is 1.00 bits per heavy atom. The Kier molecular flexibility index (Phi) is 8.10. The van der Waals surface area contributed by atoms with Crippen molar-refractivity contribution in [2.45, 2.75) is 20.0 Å². The zero-order chi connectivity index (χ0) is 27.3. The zero-order valence-electron chi connectivity index (χ0n) is 21.2. The first-order valence-electron chi connectivity index (χ1n) is 12.0. The third-order valence-electron chi connectivity index (χ3n) is 5.94. The van der Waals surface area contributed by atoms with Crippen LogP contribution in [0.25, 0.3) is 28.0 Å². The molecule has 0 unspecified atom stereocenters. The highest BCUT2D eigenvalue weighted by Gasteiger charge is 2.34. The van der Waals surface area contributed by atoms with Crippen LogP contribution in [-0.2, 0) is 6.18 Å². The van der Waals surface area contributed by atoms with Gasteiger partial charge in [0.25, 0.3) is 0 Å². The summed E-state index contributed by atoms with van der Waals surface area (Å²) >= 11 is 0. The van der Waals surface area contributed by atoms with Gasteiger partial charge in [-0.2, -0.15) is 13.2 Å². The van der Waals surface area contributed by atoms with Crippen molar-refractivity contribution in [1.82, 2.24) is 15.3 Å². The Morgan fingerprint density at radius 3 is 2.53 bits per heavy atom. The summed E-state index contributed by atoms with van der Waals surface area (Å²) in [6, 6.07) is 15.3. The molecule has 0 aliphatic rings. The van der Waals surface area contributed by atoms with Crippen LogP contribution in [0.5, 0.6) is 0 Å². The second-order valence-corrected chi connectivity index (χ2v) is 8.55. The van der Waals surface area contributed by atoms with Crippen LogP contribution in [0.1, 0.15) is 23.6 Å². The van der Waals surface area contributed by atoms with Crippen molar-refractivity contribution < 1.29 is 17.6 Å². The molecule has 0 radical (unpaired) electrons. The number of rotatable bonds is 8. The number of fused-ring (bicyclic) bond motifs is 1. The predicted molar refractivity (Wildman–Crippen MR) is 144 cm³/mol. The molecule has 4 aromatic rings. The fraction of sp³-hybridized carbons (Fsp3) is 0.207. The molecule has 0 aliphatic carbocycles. The van der Waals surface area contributed by atoms with Crippen LogP contribution in [0.4, 0.5) is 29.1 Å². The van der Waals surface area contributed by atoms with Gasteiger partial charge in [0, 0.05) is 35.3 Å². The summed E-state index contributed by atoms with van der Waals surface area (Å²) in [6.07, 6.45) is -2.92. The molecule has 9 heteroatoms. The van der Waals surface area contributed by atoms with E-state index in [9.17, 15) is 17.6 Å². The molecule has 0 amide bonds. The lowest BCUT2D eigenvalue weighted by atomic mass is 10.0. The van der Waals surface area contributed by atoms with E-state index in [0.29, 0.717) is 34.3 Å². The van der Waals surface area contributed by atoms with E-state index in [1.807, 2.05) is 19.2 Å². The summed E-state index contributed by atoms with van der Waals surface area (Å²) in [5.74, 6) is -0.199. The van der Waals surface area contributed by atoms with Crippen molar-refractivity contribution in [2.24, 2.45) is 0 Å². The predicted octanol–water partition coefficient (Wildman–Crippen LogP) is 7.02. The van der Waals surface area contributed by atoms with Gasteiger partial charge in [-0.15, -0.1) is 0 Å². The molecule has 4 rings (SSSR count). The van der Waals surface area contributed by atoms with E-state index in [0.717, 1.165) is 18.3 Å². The van der Waals surface area contributed by atoms with Crippen molar-refractivity contribution in [3.63, 3.8) is 0 Å². The molecular weight excluding hydrogens is 494 g/mol. The maximum absolute atomic E-state index is 14.4. The van der Waals surface area contributed by atoms with Gasteiger partial charge in [-0.05, 0) is 62.9 Å². The first kappa shape index (κ1) is 26.9. The highest BCUT2D eigenvalue weighted by atomic mass is 19.4. The van der Waals surface area contributed by atoms with Gasteiger partial charge in [-0.25, -0.2) is 14.4 Å². The lowest BCUT2D eigenvalue weighted by Crippen LogP contribution is -2.17. The van der Waals surface area contributed by atoms with Crippen LogP contribution in [0.2, 0.25) is 0 Å². The maximum atomic E-state index is 14.4. The lowest BCUT2D eigenvalue weighted by molar-refractivity contribution is -0.137. The average molecular weight is 522 g/mol. The summed E-state index contributed by atoms with van der Waals surface area (Å²) in [5.41, 5.74) is 4.73. The smallest absolute Gasteiger partial charge is 0.384 e. The molecule has 0 spiro atoms. The maximum Gasteiger partial charge on any atom is 0.417 e. The van der Waals surface area contributed by atoms with E-state index in [1.165, 1.54) is 24.3 Å². The molecule has 3 N–H and O–H groups in total. The Bertz CT molecular complexity index is 1520. The monoisotopic (exact) mass is 521 g/mol. The Morgan fingerprint density at radius 2 is 1.79 bits per heavy atom. The highest BCUT2D eigenvalue weighted by Crippen LogP contribution is 2.37. The van der Waals surface area contributed by atoms with Gasteiger partial charge in [-0.1, -0.05) is 36.1 Å². The Labute approximate surface area is 218 Å². The molecule has 1 heterocycles. The van der Waals surface area contributed by atoms with Crippen LogP contribution in [-0.4, -0.2) is 30.1 Å². The first-order valence-corrected chi connectivity index (χ1v) is 12.0. The summed E-state index contributed by atoms with van der Waals surface area (Å²) in [4.78, 5) is 9.04. The molecule has 5 nitrogen and oxygen atoms in total. The van der Waals surface area contributed by atoms with Crippen molar-refractivity contribution >= 4 is 28.1 Å². The lowest BCUT2D eigenvalue weighted by Gasteiger charge is -2.17. The number of benzene rings is 3. The molecule has 0 aliphatic heterocycles. The fourth-order valence-corrected chi connectivity index (χ4v) is 4.03. The molecule has 0 atom stereocenters. The number of hydrogen-bond donors (Lipinski definition) is 3. The summed E-state index contributed by atoms with van der Waals surface area (Å²) in [6.45, 7) is 4.81. The minimum Gasteiger partial charge on any atom is -0.384 e. The third-order valence-corrected chi connectivity index (χ3v) is 5.94. The normalized spacial score (nSPS) is 11.2. The number of likely N-dealkylation sites (N-methyl/N-ethyl adjacent to an activating group) is 1. The molecule has 3 aromatic carbocycles. The second-order valence-electron chi connectivity index (χ2n) is 8.55. The molecule has 0 saturated heterocycles. The molecule has 0 bridgehead atoms. The van der Waals surface area contributed by atoms with Gasteiger partial charge in [0.2, 0.25) is 0 Å². The summed E-state index contributed by atoms with van der Waals surface area (Å²) in [7, 11) is 1.85. The van der Waals surface area contributed by atoms with Gasteiger partial charge in [0.15, 0.2) is 5.82 Å². The molecule has 1 aromatic heterocycles. The van der Waals surface area contributed by atoms with Crippen molar-refractivity contribution in [1.29, 1.82) is 0 Å².